The van der Waals surface area contributed by atoms with Crippen LogP contribution in [-0.2, 0) is 15.1 Å². The lowest BCUT2D eigenvalue weighted by Gasteiger charge is -2.37. The normalized spacial score (nSPS) is 17.6. The van der Waals surface area contributed by atoms with E-state index in [1.54, 1.807) is 38.5 Å². The summed E-state index contributed by atoms with van der Waals surface area (Å²) in [6.45, 7) is -0.00197. The first-order valence-corrected chi connectivity index (χ1v) is 15.2. The topological polar surface area (TPSA) is 121 Å². The third kappa shape index (κ3) is 6.66. The number of amides is 1. The van der Waals surface area contributed by atoms with Crippen LogP contribution >= 0.6 is 0 Å². The molecule has 10 nitrogen and oxygen atoms in total. The molecule has 1 fully saturated rings. The summed E-state index contributed by atoms with van der Waals surface area (Å²) in [4.78, 5) is 29.6. The molecule has 240 valence electrons. The Morgan fingerprint density at radius 2 is 1.40 bits per heavy atom. The number of aliphatic hydroxyl groups is 1. The van der Waals surface area contributed by atoms with Crippen molar-refractivity contribution in [2.24, 2.45) is 0 Å². The van der Waals surface area contributed by atoms with Crippen molar-refractivity contribution in [1.82, 2.24) is 9.55 Å². The van der Waals surface area contributed by atoms with E-state index in [-0.39, 0.29) is 24.8 Å². The van der Waals surface area contributed by atoms with Crippen LogP contribution in [0.5, 0.6) is 11.5 Å². The number of carbonyl (C=O) groups is 1. The molecule has 10 heteroatoms. The molecule has 1 saturated heterocycles. The van der Waals surface area contributed by atoms with Gasteiger partial charge < -0.3 is 29.4 Å². The van der Waals surface area contributed by atoms with Crippen LogP contribution in [0.25, 0.3) is 0 Å². The molecule has 6 rings (SSSR count). The molecule has 0 saturated carbocycles. The van der Waals surface area contributed by atoms with Crippen LogP contribution in [0.2, 0.25) is 0 Å². The number of nitrogens with zero attached hydrogens (tertiary/aromatic N) is 2. The minimum atomic E-state index is -1.10. The van der Waals surface area contributed by atoms with E-state index in [2.05, 4.69) is 10.3 Å². The van der Waals surface area contributed by atoms with Crippen molar-refractivity contribution in [2.45, 2.75) is 30.5 Å². The zero-order valence-corrected chi connectivity index (χ0v) is 26.0. The monoisotopic (exact) mass is 633 g/mol. The molecule has 2 N–H and O–H groups in total. The predicted octanol–water partition coefficient (Wildman–Crippen LogP) is 5.17. The Balaban J connectivity index is 1.26. The van der Waals surface area contributed by atoms with Gasteiger partial charge in [-0.05, 0) is 59.2 Å². The van der Waals surface area contributed by atoms with Crippen LogP contribution in [0.4, 0.5) is 5.82 Å². The lowest BCUT2D eigenvalue weighted by Crippen LogP contribution is -2.38. The van der Waals surface area contributed by atoms with Crippen LogP contribution in [0.3, 0.4) is 0 Å². The molecular weight excluding hydrogens is 598 g/mol. The number of hydrogen-bond acceptors (Lipinski definition) is 8. The summed E-state index contributed by atoms with van der Waals surface area (Å²) >= 11 is 0. The molecule has 5 aromatic rings. The van der Waals surface area contributed by atoms with Gasteiger partial charge in [-0.3, -0.25) is 9.36 Å². The van der Waals surface area contributed by atoms with Gasteiger partial charge in [0.25, 0.3) is 5.91 Å². The summed E-state index contributed by atoms with van der Waals surface area (Å²) in [5.41, 5.74) is 1.27. The highest BCUT2D eigenvalue weighted by atomic mass is 16.6. The first-order chi connectivity index (χ1) is 22.9. The quantitative estimate of drug-likeness (QED) is 0.191. The SMILES string of the molecule is COc1ccc(C(OC[C@H]2O[C@H](n3ccc(NC(=O)c4ccccc4)nc3=O)C[C@H]2O)(c2ccccc2)c2ccc(OC)cc2)cc1. The minimum absolute atomic E-state index is 0.00197. The van der Waals surface area contributed by atoms with E-state index in [1.807, 2.05) is 84.9 Å². The Morgan fingerprint density at radius 1 is 0.851 bits per heavy atom. The molecule has 47 heavy (non-hydrogen) atoms. The molecule has 0 radical (unpaired) electrons. The highest BCUT2D eigenvalue weighted by molar-refractivity contribution is 6.03. The van der Waals surface area contributed by atoms with Crippen molar-refractivity contribution in [3.8, 4) is 11.5 Å². The van der Waals surface area contributed by atoms with Gasteiger partial charge in [-0.2, -0.15) is 4.98 Å². The first kappa shape index (κ1) is 31.7. The molecule has 0 spiro atoms. The second-order valence-corrected chi connectivity index (χ2v) is 11.1. The van der Waals surface area contributed by atoms with Crippen LogP contribution in [0, 0.1) is 0 Å². The van der Waals surface area contributed by atoms with Crippen LogP contribution < -0.4 is 20.5 Å². The van der Waals surface area contributed by atoms with Gasteiger partial charge in [0.15, 0.2) is 0 Å². The maximum atomic E-state index is 13.0. The third-order valence-electron chi connectivity index (χ3n) is 8.26. The molecule has 1 aromatic heterocycles. The molecular formula is C37H35N3O7. The Kier molecular flexibility index (Phi) is 9.44. The van der Waals surface area contributed by atoms with Crippen LogP contribution in [-0.4, -0.2) is 53.6 Å². The average Bonchev–Trinajstić information content (AvgIpc) is 3.49. The first-order valence-electron chi connectivity index (χ1n) is 15.2. The minimum Gasteiger partial charge on any atom is -0.497 e. The lowest BCUT2D eigenvalue weighted by molar-refractivity contribution is -0.0944. The second-order valence-electron chi connectivity index (χ2n) is 11.1. The van der Waals surface area contributed by atoms with Gasteiger partial charge in [0, 0.05) is 18.2 Å². The Hall–Kier alpha value is -5.29. The van der Waals surface area contributed by atoms with Crippen molar-refractivity contribution < 1.29 is 28.8 Å². The number of benzene rings is 4. The molecule has 1 aliphatic heterocycles. The summed E-state index contributed by atoms with van der Waals surface area (Å²) < 4.78 is 25.3. The number of anilines is 1. The largest absolute Gasteiger partial charge is 0.497 e. The number of aliphatic hydroxyl groups excluding tert-OH is 1. The van der Waals surface area contributed by atoms with Gasteiger partial charge in [0.05, 0.1) is 26.9 Å². The van der Waals surface area contributed by atoms with E-state index >= 15 is 0 Å². The number of methoxy groups -OCH3 is 2. The summed E-state index contributed by atoms with van der Waals surface area (Å²) in [6.07, 6.45) is -0.826. The lowest BCUT2D eigenvalue weighted by atomic mass is 9.80. The number of hydrogen-bond donors (Lipinski definition) is 2. The van der Waals surface area contributed by atoms with Crippen LogP contribution in [0.1, 0.15) is 39.7 Å². The van der Waals surface area contributed by atoms with Gasteiger partial charge in [0.1, 0.15) is 35.2 Å². The molecule has 3 atom stereocenters. The highest BCUT2D eigenvalue weighted by Crippen LogP contribution is 2.42. The maximum Gasteiger partial charge on any atom is 0.351 e. The Morgan fingerprint density at radius 3 is 1.96 bits per heavy atom. The van der Waals surface area contributed by atoms with E-state index in [1.165, 1.54) is 16.8 Å². The number of carbonyl (C=O) groups excluding carboxylic acids is 1. The number of nitrogens with one attached hydrogen (secondary N) is 1. The zero-order chi connectivity index (χ0) is 32.8. The fourth-order valence-corrected chi connectivity index (χ4v) is 5.80. The predicted molar refractivity (Wildman–Crippen MR) is 176 cm³/mol. The smallest absolute Gasteiger partial charge is 0.351 e. The van der Waals surface area contributed by atoms with E-state index in [0.29, 0.717) is 17.1 Å². The zero-order valence-electron chi connectivity index (χ0n) is 26.0. The molecule has 2 heterocycles. The van der Waals surface area contributed by atoms with Crippen molar-refractivity contribution >= 4 is 11.7 Å². The summed E-state index contributed by atoms with van der Waals surface area (Å²) in [5, 5.41) is 13.8. The molecule has 4 aromatic carbocycles. The summed E-state index contributed by atoms with van der Waals surface area (Å²) in [6, 6.07) is 35.3. The molecule has 0 bridgehead atoms. The maximum absolute atomic E-state index is 13.0. The van der Waals surface area contributed by atoms with Crippen molar-refractivity contribution in [3.05, 3.63) is 154 Å². The summed E-state index contributed by atoms with van der Waals surface area (Å²) in [5.74, 6) is 1.14. The van der Waals surface area contributed by atoms with Crippen molar-refractivity contribution in [1.29, 1.82) is 0 Å². The van der Waals surface area contributed by atoms with E-state index in [0.717, 1.165) is 16.7 Å². The van der Waals surface area contributed by atoms with Crippen molar-refractivity contribution in [2.75, 3.05) is 26.1 Å². The molecule has 0 aliphatic carbocycles. The Labute approximate surface area is 272 Å². The third-order valence-corrected chi connectivity index (χ3v) is 8.26. The number of ether oxygens (including phenoxy) is 4. The molecule has 0 unspecified atom stereocenters. The number of rotatable bonds is 11. The van der Waals surface area contributed by atoms with Gasteiger partial charge in [-0.1, -0.05) is 72.8 Å². The molecule has 1 amide bonds. The molecule has 1 aliphatic rings. The van der Waals surface area contributed by atoms with Gasteiger partial charge >= 0.3 is 5.69 Å². The van der Waals surface area contributed by atoms with Crippen LogP contribution in [0.15, 0.2) is 126 Å². The average molecular weight is 634 g/mol. The van der Waals surface area contributed by atoms with Gasteiger partial charge in [-0.25, -0.2) is 4.79 Å². The summed E-state index contributed by atoms with van der Waals surface area (Å²) in [7, 11) is 3.23. The fourth-order valence-electron chi connectivity index (χ4n) is 5.80. The van der Waals surface area contributed by atoms with E-state index in [9.17, 15) is 14.7 Å². The Bertz CT molecular complexity index is 1800. The fraction of sp³-hybridized carbons (Fsp3) is 0.216. The van der Waals surface area contributed by atoms with E-state index < -0.39 is 29.7 Å². The number of aromatic nitrogens is 2. The highest BCUT2D eigenvalue weighted by Gasteiger charge is 2.42. The van der Waals surface area contributed by atoms with Gasteiger partial charge in [0.2, 0.25) is 0 Å². The standard InChI is InChI=1S/C37H35N3O7/c1-44-29-17-13-27(14-18-29)37(26-11-7-4-8-12-26,28-15-19-30(45-2)20-16-28)46-24-32-31(41)23-34(47-32)40-22-21-33(39-36(40)43)38-35(42)25-9-5-3-6-10-25/h3-22,31-32,34,41H,23-24H2,1-2H3,(H,38,39,42,43)/t31-,32-,34+/m1/s1. The van der Waals surface area contributed by atoms with E-state index in [4.69, 9.17) is 18.9 Å². The van der Waals surface area contributed by atoms with Crippen molar-refractivity contribution in [3.63, 3.8) is 0 Å². The van der Waals surface area contributed by atoms with Gasteiger partial charge in [-0.15, -0.1) is 0 Å². The second kappa shape index (κ2) is 14.0.